The van der Waals surface area contributed by atoms with Gasteiger partial charge in [0.05, 0.1) is 12.2 Å². The third kappa shape index (κ3) is 2.18. The minimum atomic E-state index is -0.747. The lowest BCUT2D eigenvalue weighted by Gasteiger charge is -2.18. The first-order valence-corrected chi connectivity index (χ1v) is 5.06. The van der Waals surface area contributed by atoms with Gasteiger partial charge in [-0.05, 0) is 26.3 Å². The summed E-state index contributed by atoms with van der Waals surface area (Å²) in [5, 5.41) is 12.8. The number of hydrogen-bond acceptors (Lipinski definition) is 4. The monoisotopic (exact) mass is 210 g/mol. The molecule has 0 aromatic carbocycles. The Labute approximate surface area is 87.7 Å². The summed E-state index contributed by atoms with van der Waals surface area (Å²) in [5.74, 6) is -0.00983. The molecule has 2 rings (SSSR count). The van der Waals surface area contributed by atoms with E-state index in [4.69, 9.17) is 9.63 Å². The molecular formula is C10H14N2O3. The van der Waals surface area contributed by atoms with E-state index in [0.29, 0.717) is 6.54 Å². The van der Waals surface area contributed by atoms with Crippen LogP contribution in [0.15, 0.2) is 10.6 Å². The fourth-order valence-electron chi connectivity index (χ4n) is 1.99. The van der Waals surface area contributed by atoms with Crippen LogP contribution in [-0.2, 0) is 11.3 Å². The minimum Gasteiger partial charge on any atom is -0.480 e. The Balaban J connectivity index is 2.02. The van der Waals surface area contributed by atoms with E-state index >= 15 is 0 Å². The fraction of sp³-hybridized carbons (Fsp3) is 0.600. The van der Waals surface area contributed by atoms with Gasteiger partial charge in [-0.25, -0.2) is 0 Å². The van der Waals surface area contributed by atoms with Crippen molar-refractivity contribution in [2.45, 2.75) is 32.4 Å². The first-order chi connectivity index (χ1) is 7.16. The quantitative estimate of drug-likeness (QED) is 0.807. The van der Waals surface area contributed by atoms with Crippen LogP contribution >= 0.6 is 0 Å². The molecule has 0 radical (unpaired) electrons. The van der Waals surface area contributed by atoms with Gasteiger partial charge in [0.15, 0.2) is 5.76 Å². The minimum absolute atomic E-state index is 0.365. The van der Waals surface area contributed by atoms with E-state index in [9.17, 15) is 4.79 Å². The van der Waals surface area contributed by atoms with Crippen molar-refractivity contribution in [2.75, 3.05) is 6.54 Å². The first-order valence-electron chi connectivity index (χ1n) is 5.06. The molecular weight excluding hydrogens is 196 g/mol. The van der Waals surface area contributed by atoms with Crippen molar-refractivity contribution >= 4 is 5.97 Å². The molecule has 0 saturated carbocycles. The summed E-state index contributed by atoms with van der Waals surface area (Å²) in [5.41, 5.74) is 0.830. The Morgan fingerprint density at radius 3 is 3.20 bits per heavy atom. The van der Waals surface area contributed by atoms with Crippen LogP contribution in [0.4, 0.5) is 0 Å². The SMILES string of the molecule is Cc1cc(CN2CCCC2C(=O)O)on1. The summed E-state index contributed by atoms with van der Waals surface area (Å²) in [7, 11) is 0. The Hall–Kier alpha value is -1.36. The molecule has 1 fully saturated rings. The van der Waals surface area contributed by atoms with Gasteiger partial charge in [0.25, 0.3) is 0 Å². The highest BCUT2D eigenvalue weighted by Gasteiger charge is 2.30. The molecule has 5 nitrogen and oxygen atoms in total. The Kier molecular flexibility index (Phi) is 2.73. The lowest BCUT2D eigenvalue weighted by atomic mass is 10.2. The van der Waals surface area contributed by atoms with E-state index in [0.717, 1.165) is 30.8 Å². The predicted octanol–water partition coefficient (Wildman–Crippen LogP) is 1.03. The molecule has 1 aliphatic rings. The number of carboxylic acids is 1. The first kappa shape index (κ1) is 10.2. The molecule has 1 saturated heterocycles. The number of carbonyl (C=O) groups is 1. The summed E-state index contributed by atoms with van der Waals surface area (Å²) >= 11 is 0. The smallest absolute Gasteiger partial charge is 0.320 e. The van der Waals surface area contributed by atoms with Crippen LogP contribution in [-0.4, -0.2) is 33.7 Å². The van der Waals surface area contributed by atoms with Crippen LogP contribution in [0, 0.1) is 6.92 Å². The number of hydrogen-bond donors (Lipinski definition) is 1. The van der Waals surface area contributed by atoms with E-state index in [1.807, 2.05) is 17.9 Å². The Morgan fingerprint density at radius 1 is 1.80 bits per heavy atom. The van der Waals surface area contributed by atoms with Crippen molar-refractivity contribution in [3.8, 4) is 0 Å². The van der Waals surface area contributed by atoms with Gasteiger partial charge >= 0.3 is 5.97 Å². The highest BCUT2D eigenvalue weighted by Crippen LogP contribution is 2.20. The maximum atomic E-state index is 10.9. The second kappa shape index (κ2) is 4.02. The Morgan fingerprint density at radius 2 is 2.60 bits per heavy atom. The third-order valence-electron chi connectivity index (χ3n) is 2.68. The van der Waals surface area contributed by atoms with Gasteiger partial charge in [-0.1, -0.05) is 5.16 Å². The van der Waals surface area contributed by atoms with Gasteiger partial charge < -0.3 is 9.63 Å². The van der Waals surface area contributed by atoms with Crippen LogP contribution < -0.4 is 0 Å². The topological polar surface area (TPSA) is 66.6 Å². The summed E-state index contributed by atoms with van der Waals surface area (Å²) in [6.07, 6.45) is 1.66. The highest BCUT2D eigenvalue weighted by atomic mass is 16.5. The number of nitrogens with zero attached hydrogens (tertiary/aromatic N) is 2. The molecule has 82 valence electrons. The van der Waals surface area contributed by atoms with E-state index in [-0.39, 0.29) is 6.04 Å². The summed E-state index contributed by atoms with van der Waals surface area (Å²) < 4.78 is 5.07. The van der Waals surface area contributed by atoms with Crippen molar-refractivity contribution in [3.05, 3.63) is 17.5 Å². The molecule has 5 heteroatoms. The van der Waals surface area contributed by atoms with Crippen molar-refractivity contribution in [2.24, 2.45) is 0 Å². The summed E-state index contributed by atoms with van der Waals surface area (Å²) in [6.45, 7) is 3.21. The maximum absolute atomic E-state index is 10.9. The van der Waals surface area contributed by atoms with Crippen molar-refractivity contribution in [1.29, 1.82) is 0 Å². The molecule has 15 heavy (non-hydrogen) atoms. The number of aliphatic carboxylic acids is 1. The van der Waals surface area contributed by atoms with Crippen LogP contribution in [0.2, 0.25) is 0 Å². The molecule has 0 aliphatic carbocycles. The van der Waals surface area contributed by atoms with Gasteiger partial charge in [0, 0.05) is 6.07 Å². The summed E-state index contributed by atoms with van der Waals surface area (Å²) in [4.78, 5) is 12.8. The largest absolute Gasteiger partial charge is 0.480 e. The molecule has 0 bridgehead atoms. The number of aryl methyl sites for hydroxylation is 1. The normalized spacial score (nSPS) is 22.1. The van der Waals surface area contributed by atoms with Gasteiger partial charge in [-0.15, -0.1) is 0 Å². The zero-order chi connectivity index (χ0) is 10.8. The molecule has 0 spiro atoms. The third-order valence-corrected chi connectivity index (χ3v) is 2.68. The predicted molar refractivity (Wildman–Crippen MR) is 52.3 cm³/mol. The Bertz CT molecular complexity index is 361. The van der Waals surface area contributed by atoms with Crippen molar-refractivity contribution in [3.63, 3.8) is 0 Å². The summed E-state index contributed by atoms with van der Waals surface area (Å²) in [6, 6.07) is 1.48. The molecule has 1 N–H and O–H groups in total. The zero-order valence-corrected chi connectivity index (χ0v) is 8.64. The second-order valence-electron chi connectivity index (χ2n) is 3.90. The van der Waals surface area contributed by atoms with Crippen molar-refractivity contribution in [1.82, 2.24) is 10.1 Å². The van der Waals surface area contributed by atoms with Gasteiger partial charge in [0.2, 0.25) is 0 Å². The number of aromatic nitrogens is 1. The van der Waals surface area contributed by atoms with Crippen molar-refractivity contribution < 1.29 is 14.4 Å². The van der Waals surface area contributed by atoms with Crippen LogP contribution in [0.1, 0.15) is 24.3 Å². The number of carboxylic acid groups (broad SMARTS) is 1. The molecule has 1 atom stereocenters. The average Bonchev–Trinajstić information content (AvgIpc) is 2.75. The number of likely N-dealkylation sites (tertiary alicyclic amines) is 1. The van der Waals surface area contributed by atoms with E-state index in [2.05, 4.69) is 5.16 Å². The van der Waals surface area contributed by atoms with Crippen LogP contribution in [0.5, 0.6) is 0 Å². The fourth-order valence-corrected chi connectivity index (χ4v) is 1.99. The van der Waals surface area contributed by atoms with Crippen LogP contribution in [0.3, 0.4) is 0 Å². The molecule has 1 aromatic rings. The second-order valence-corrected chi connectivity index (χ2v) is 3.90. The molecule has 1 aromatic heterocycles. The van der Waals surface area contributed by atoms with Crippen LogP contribution in [0.25, 0.3) is 0 Å². The van der Waals surface area contributed by atoms with Gasteiger partial charge in [-0.3, -0.25) is 9.69 Å². The number of rotatable bonds is 3. The highest BCUT2D eigenvalue weighted by molar-refractivity contribution is 5.73. The standard InChI is InChI=1S/C10H14N2O3/c1-7-5-8(15-11-7)6-12-4-2-3-9(12)10(13)14/h5,9H,2-4,6H2,1H3,(H,13,14). The van der Waals surface area contributed by atoms with Gasteiger partial charge in [-0.2, -0.15) is 0 Å². The maximum Gasteiger partial charge on any atom is 0.320 e. The van der Waals surface area contributed by atoms with E-state index in [1.165, 1.54) is 0 Å². The molecule has 1 aliphatic heterocycles. The zero-order valence-electron chi connectivity index (χ0n) is 8.64. The average molecular weight is 210 g/mol. The molecule has 1 unspecified atom stereocenters. The molecule has 0 amide bonds. The lowest BCUT2D eigenvalue weighted by molar-refractivity contribution is -0.142. The molecule has 2 heterocycles. The lowest BCUT2D eigenvalue weighted by Crippen LogP contribution is -2.35. The van der Waals surface area contributed by atoms with Gasteiger partial charge in [0.1, 0.15) is 6.04 Å². The van der Waals surface area contributed by atoms with E-state index in [1.54, 1.807) is 0 Å². The van der Waals surface area contributed by atoms with E-state index < -0.39 is 5.97 Å².